The van der Waals surface area contributed by atoms with Crippen LogP contribution in [0.4, 0.5) is 0 Å². The Morgan fingerprint density at radius 1 is 1.42 bits per heavy atom. The van der Waals surface area contributed by atoms with E-state index in [-0.39, 0.29) is 17.5 Å². The SMILES string of the molecule is CCS(=O)(=O)CCCC(NC)c1cc(OC)ncn1. The van der Waals surface area contributed by atoms with Gasteiger partial charge in [-0.15, -0.1) is 0 Å². The number of hydrogen-bond donors (Lipinski definition) is 1. The van der Waals surface area contributed by atoms with Gasteiger partial charge in [-0.1, -0.05) is 6.92 Å². The molecular formula is C12H21N3O3S. The van der Waals surface area contributed by atoms with Gasteiger partial charge in [0.1, 0.15) is 16.2 Å². The van der Waals surface area contributed by atoms with Crippen molar-refractivity contribution in [2.75, 3.05) is 25.7 Å². The van der Waals surface area contributed by atoms with Crippen molar-refractivity contribution in [3.05, 3.63) is 18.1 Å². The maximum Gasteiger partial charge on any atom is 0.216 e. The minimum atomic E-state index is -2.90. The van der Waals surface area contributed by atoms with Crippen molar-refractivity contribution in [3.8, 4) is 5.88 Å². The summed E-state index contributed by atoms with van der Waals surface area (Å²) in [7, 11) is 0.473. The Hall–Kier alpha value is -1.21. The maximum atomic E-state index is 11.4. The quantitative estimate of drug-likeness (QED) is 0.767. The zero-order valence-corrected chi connectivity index (χ0v) is 12.4. The lowest BCUT2D eigenvalue weighted by Gasteiger charge is -2.15. The number of nitrogens with one attached hydrogen (secondary N) is 1. The molecule has 0 saturated carbocycles. The molecule has 1 unspecified atom stereocenters. The average molecular weight is 287 g/mol. The molecule has 7 heteroatoms. The van der Waals surface area contributed by atoms with Gasteiger partial charge in [0.05, 0.1) is 18.6 Å². The van der Waals surface area contributed by atoms with E-state index < -0.39 is 9.84 Å². The Labute approximate surface area is 114 Å². The van der Waals surface area contributed by atoms with Crippen LogP contribution < -0.4 is 10.1 Å². The fourth-order valence-corrected chi connectivity index (χ4v) is 2.64. The summed E-state index contributed by atoms with van der Waals surface area (Å²) in [5.41, 5.74) is 0.809. The molecule has 0 aliphatic carbocycles. The van der Waals surface area contributed by atoms with E-state index in [1.165, 1.54) is 6.33 Å². The van der Waals surface area contributed by atoms with E-state index in [0.717, 1.165) is 5.69 Å². The molecule has 108 valence electrons. The molecule has 0 aromatic carbocycles. The van der Waals surface area contributed by atoms with Crippen LogP contribution in [0, 0.1) is 0 Å². The molecule has 1 N–H and O–H groups in total. The van der Waals surface area contributed by atoms with Crippen LogP contribution in [0.1, 0.15) is 31.5 Å². The molecule has 1 aromatic heterocycles. The molecule has 1 heterocycles. The molecule has 0 bridgehead atoms. The molecule has 1 rings (SSSR count). The number of sulfone groups is 1. The molecule has 6 nitrogen and oxygen atoms in total. The molecule has 0 spiro atoms. The first kappa shape index (κ1) is 15.8. The second kappa shape index (κ2) is 7.40. The third kappa shape index (κ3) is 5.12. The van der Waals surface area contributed by atoms with Gasteiger partial charge >= 0.3 is 0 Å². The van der Waals surface area contributed by atoms with E-state index in [1.54, 1.807) is 20.1 Å². The number of aromatic nitrogens is 2. The zero-order chi connectivity index (χ0) is 14.3. The van der Waals surface area contributed by atoms with Gasteiger partial charge in [0.15, 0.2) is 0 Å². The maximum absolute atomic E-state index is 11.4. The van der Waals surface area contributed by atoms with Crippen molar-refractivity contribution in [2.45, 2.75) is 25.8 Å². The van der Waals surface area contributed by atoms with Crippen molar-refractivity contribution in [2.24, 2.45) is 0 Å². The van der Waals surface area contributed by atoms with Gasteiger partial charge in [-0.3, -0.25) is 0 Å². The molecule has 0 aliphatic heterocycles. The van der Waals surface area contributed by atoms with E-state index >= 15 is 0 Å². The van der Waals surface area contributed by atoms with Gasteiger partial charge in [-0.25, -0.2) is 18.4 Å². The third-order valence-electron chi connectivity index (χ3n) is 2.97. The van der Waals surface area contributed by atoms with Crippen LogP contribution in [0.25, 0.3) is 0 Å². The smallest absolute Gasteiger partial charge is 0.216 e. The number of hydrogen-bond acceptors (Lipinski definition) is 6. The van der Waals surface area contributed by atoms with Crippen LogP contribution in [-0.2, 0) is 9.84 Å². The lowest BCUT2D eigenvalue weighted by Crippen LogP contribution is -2.19. The second-order valence-corrected chi connectivity index (χ2v) is 6.68. The third-order valence-corrected chi connectivity index (χ3v) is 4.76. The molecule has 1 atom stereocenters. The topological polar surface area (TPSA) is 81.2 Å². The molecule has 0 fully saturated rings. The number of methoxy groups -OCH3 is 1. The van der Waals surface area contributed by atoms with Gasteiger partial charge in [0, 0.05) is 17.9 Å². The lowest BCUT2D eigenvalue weighted by molar-refractivity contribution is 0.393. The van der Waals surface area contributed by atoms with E-state index in [0.29, 0.717) is 18.7 Å². The summed E-state index contributed by atoms with van der Waals surface area (Å²) in [6.45, 7) is 1.67. The van der Waals surface area contributed by atoms with E-state index in [9.17, 15) is 8.42 Å². The lowest BCUT2D eigenvalue weighted by atomic mass is 10.1. The highest BCUT2D eigenvalue weighted by Crippen LogP contribution is 2.19. The first-order chi connectivity index (χ1) is 9.02. The van der Waals surface area contributed by atoms with Gasteiger partial charge < -0.3 is 10.1 Å². The summed E-state index contributed by atoms with van der Waals surface area (Å²) < 4.78 is 27.9. The number of rotatable bonds is 8. The highest BCUT2D eigenvalue weighted by atomic mass is 32.2. The van der Waals surface area contributed by atoms with E-state index in [1.807, 2.05) is 7.05 Å². The summed E-state index contributed by atoms with van der Waals surface area (Å²) in [4.78, 5) is 8.14. The highest BCUT2D eigenvalue weighted by molar-refractivity contribution is 7.91. The van der Waals surface area contributed by atoms with Crippen LogP contribution in [-0.4, -0.2) is 44.0 Å². The van der Waals surface area contributed by atoms with E-state index in [2.05, 4.69) is 15.3 Å². The average Bonchev–Trinajstić information content (AvgIpc) is 2.43. The second-order valence-electron chi connectivity index (χ2n) is 4.21. The first-order valence-corrected chi connectivity index (χ1v) is 8.08. The molecule has 1 aromatic rings. The van der Waals surface area contributed by atoms with Gasteiger partial charge in [-0.2, -0.15) is 0 Å². The number of ether oxygens (including phenoxy) is 1. The van der Waals surface area contributed by atoms with Gasteiger partial charge in [-0.05, 0) is 19.9 Å². The van der Waals surface area contributed by atoms with Crippen LogP contribution in [0.5, 0.6) is 5.88 Å². The van der Waals surface area contributed by atoms with E-state index in [4.69, 9.17) is 4.74 Å². The summed E-state index contributed by atoms with van der Waals surface area (Å²) >= 11 is 0. The zero-order valence-electron chi connectivity index (χ0n) is 11.6. The Morgan fingerprint density at radius 3 is 2.74 bits per heavy atom. The minimum absolute atomic E-state index is 0.00366. The molecule has 0 aliphatic rings. The van der Waals surface area contributed by atoms with Crippen LogP contribution in [0.15, 0.2) is 12.4 Å². The Morgan fingerprint density at radius 2 is 2.16 bits per heavy atom. The Kier molecular flexibility index (Phi) is 6.17. The van der Waals surface area contributed by atoms with Crippen molar-refractivity contribution >= 4 is 9.84 Å². The van der Waals surface area contributed by atoms with Crippen molar-refractivity contribution in [1.82, 2.24) is 15.3 Å². The largest absolute Gasteiger partial charge is 0.481 e. The van der Waals surface area contributed by atoms with Gasteiger partial charge in [0.2, 0.25) is 5.88 Å². The molecule has 0 saturated heterocycles. The normalized spacial score (nSPS) is 13.2. The van der Waals surface area contributed by atoms with Crippen LogP contribution >= 0.6 is 0 Å². The molecule has 0 amide bonds. The fraction of sp³-hybridized carbons (Fsp3) is 0.667. The highest BCUT2D eigenvalue weighted by Gasteiger charge is 2.14. The monoisotopic (exact) mass is 287 g/mol. The summed E-state index contributed by atoms with van der Waals surface area (Å²) in [5.74, 6) is 0.911. The van der Waals surface area contributed by atoms with Crippen LogP contribution in [0.3, 0.4) is 0 Å². The van der Waals surface area contributed by atoms with Crippen molar-refractivity contribution in [3.63, 3.8) is 0 Å². The summed E-state index contributed by atoms with van der Waals surface area (Å²) in [6.07, 6.45) is 2.76. The Balaban J connectivity index is 2.63. The van der Waals surface area contributed by atoms with Crippen molar-refractivity contribution in [1.29, 1.82) is 0 Å². The summed E-state index contributed by atoms with van der Waals surface area (Å²) in [5, 5.41) is 3.13. The first-order valence-electron chi connectivity index (χ1n) is 6.26. The molecular weight excluding hydrogens is 266 g/mol. The predicted molar refractivity (Wildman–Crippen MR) is 73.9 cm³/mol. The molecule has 0 radical (unpaired) electrons. The Bertz CT molecular complexity index is 491. The predicted octanol–water partition coefficient (Wildman–Crippen LogP) is 0.961. The van der Waals surface area contributed by atoms with Crippen LogP contribution in [0.2, 0.25) is 0 Å². The number of nitrogens with zero attached hydrogens (tertiary/aromatic N) is 2. The summed E-state index contributed by atoms with van der Waals surface area (Å²) in [6, 6.07) is 1.76. The minimum Gasteiger partial charge on any atom is -0.481 e. The van der Waals surface area contributed by atoms with Gasteiger partial charge in [0.25, 0.3) is 0 Å². The van der Waals surface area contributed by atoms with Crippen molar-refractivity contribution < 1.29 is 13.2 Å². The fourth-order valence-electron chi connectivity index (χ4n) is 1.75. The standard InChI is InChI=1S/C12H21N3O3S/c1-4-19(16,17)7-5-6-10(13-2)11-8-12(18-3)15-9-14-11/h8-10,13H,4-7H2,1-3H3. The molecule has 19 heavy (non-hydrogen) atoms.